The van der Waals surface area contributed by atoms with Crippen LogP contribution in [0.25, 0.3) is 0 Å². The molecule has 0 aliphatic carbocycles. The van der Waals surface area contributed by atoms with Crippen molar-refractivity contribution in [2.75, 3.05) is 24.5 Å². The van der Waals surface area contributed by atoms with Gasteiger partial charge in [0.05, 0.1) is 0 Å². The maximum Gasteiger partial charge on any atom is 0.534 e. The average Bonchev–Trinajstić information content (AvgIpc) is 2.86. The predicted molar refractivity (Wildman–Crippen MR) is 108 cm³/mol. The first-order valence-electron chi connectivity index (χ1n) is 9.89. The Hall–Kier alpha value is -2.26. The number of rotatable bonds is 4. The van der Waals surface area contributed by atoms with E-state index < -0.39 is 15.6 Å². The molecule has 0 radical (unpaired) electrons. The highest BCUT2D eigenvalue weighted by Crippen LogP contribution is 2.35. The molecular formula is C21H23F3N2O3S. The summed E-state index contributed by atoms with van der Waals surface area (Å²) >= 11 is 0. The lowest BCUT2D eigenvalue weighted by Crippen LogP contribution is -2.52. The Balaban J connectivity index is 1.50. The first-order valence-corrected chi connectivity index (χ1v) is 11.3. The number of piperazine rings is 1. The molecule has 2 aliphatic heterocycles. The van der Waals surface area contributed by atoms with Crippen molar-refractivity contribution in [2.45, 2.75) is 37.4 Å². The fourth-order valence-corrected chi connectivity index (χ4v) is 4.72. The monoisotopic (exact) mass is 440 g/mol. The van der Waals surface area contributed by atoms with Crippen molar-refractivity contribution in [2.24, 2.45) is 0 Å². The first kappa shape index (κ1) is 21.0. The van der Waals surface area contributed by atoms with Crippen molar-refractivity contribution < 1.29 is 25.8 Å². The van der Waals surface area contributed by atoms with Crippen molar-refractivity contribution in [3.05, 3.63) is 59.7 Å². The normalized spacial score (nSPS) is 20.2. The molecule has 0 aromatic heterocycles. The molecule has 2 aliphatic rings. The molecular weight excluding hydrogens is 417 g/mol. The summed E-state index contributed by atoms with van der Waals surface area (Å²) in [7, 11) is -5.67. The Morgan fingerprint density at radius 3 is 2.57 bits per heavy atom. The first-order chi connectivity index (χ1) is 14.2. The zero-order chi connectivity index (χ0) is 21.4. The van der Waals surface area contributed by atoms with Gasteiger partial charge in [0, 0.05) is 37.9 Å². The van der Waals surface area contributed by atoms with Crippen LogP contribution in [0.4, 0.5) is 18.9 Å². The summed E-state index contributed by atoms with van der Waals surface area (Å²) in [5.74, 6) is -0.299. The Bertz CT molecular complexity index is 996. The van der Waals surface area contributed by atoms with E-state index in [1.54, 1.807) is 6.07 Å². The van der Waals surface area contributed by atoms with E-state index in [1.165, 1.54) is 17.7 Å². The van der Waals surface area contributed by atoms with Crippen LogP contribution >= 0.6 is 0 Å². The Morgan fingerprint density at radius 2 is 1.83 bits per heavy atom. The number of hydrogen-bond donors (Lipinski definition) is 0. The standard InChI is InChI=1S/C21H23F3N2O3S/c22-21(23,24)30(27,28)29-19-9-10-20-17(13-19)7-4-8-18-15-25(11-12-26(18)20)14-16-5-2-1-3-6-16/h1-3,5-6,9-10,13,18H,4,7-8,11-12,14-15H2. The van der Waals surface area contributed by atoms with E-state index >= 15 is 0 Å². The van der Waals surface area contributed by atoms with Gasteiger partial charge in [-0.15, -0.1) is 0 Å². The van der Waals surface area contributed by atoms with Crippen LogP contribution in [0.15, 0.2) is 48.5 Å². The number of fused-ring (bicyclic) bond motifs is 3. The largest absolute Gasteiger partial charge is 0.534 e. The highest BCUT2D eigenvalue weighted by Gasteiger charge is 2.48. The van der Waals surface area contributed by atoms with Crippen LogP contribution in [0.3, 0.4) is 0 Å². The average molecular weight is 440 g/mol. The van der Waals surface area contributed by atoms with Crippen LogP contribution in [0.1, 0.15) is 24.0 Å². The second kappa shape index (κ2) is 8.11. The minimum atomic E-state index is -5.67. The number of halogens is 3. The maximum absolute atomic E-state index is 12.6. The third kappa shape index (κ3) is 4.41. The fraction of sp³-hybridized carbons (Fsp3) is 0.429. The zero-order valence-electron chi connectivity index (χ0n) is 16.3. The molecule has 4 rings (SSSR count). The Labute approximate surface area is 174 Å². The van der Waals surface area contributed by atoms with Crippen LogP contribution in [-0.2, 0) is 23.1 Å². The van der Waals surface area contributed by atoms with Gasteiger partial charge in [-0.1, -0.05) is 30.3 Å². The number of anilines is 1. The molecule has 1 fully saturated rings. The third-order valence-electron chi connectivity index (χ3n) is 5.65. The summed E-state index contributed by atoms with van der Waals surface area (Å²) < 4.78 is 64.8. The lowest BCUT2D eigenvalue weighted by atomic mass is 10.1. The molecule has 0 bridgehead atoms. The smallest absolute Gasteiger partial charge is 0.376 e. The molecule has 2 heterocycles. The quantitative estimate of drug-likeness (QED) is 0.533. The lowest BCUT2D eigenvalue weighted by molar-refractivity contribution is -0.0500. The van der Waals surface area contributed by atoms with Gasteiger partial charge in [0.15, 0.2) is 0 Å². The molecule has 2 aromatic carbocycles. The number of hydrogen-bond acceptors (Lipinski definition) is 5. The molecule has 0 N–H and O–H groups in total. The second-order valence-corrected chi connectivity index (χ2v) is 9.27. The van der Waals surface area contributed by atoms with Crippen molar-refractivity contribution in [3.8, 4) is 5.75 Å². The number of alkyl halides is 3. The molecule has 0 saturated carbocycles. The van der Waals surface area contributed by atoms with E-state index in [0.717, 1.165) is 50.3 Å². The van der Waals surface area contributed by atoms with Gasteiger partial charge >= 0.3 is 15.6 Å². The van der Waals surface area contributed by atoms with Crippen molar-refractivity contribution in [1.82, 2.24) is 4.90 Å². The van der Waals surface area contributed by atoms with Crippen molar-refractivity contribution in [3.63, 3.8) is 0 Å². The van der Waals surface area contributed by atoms with Crippen LogP contribution in [0, 0.1) is 0 Å². The van der Waals surface area contributed by atoms with Crippen LogP contribution < -0.4 is 9.08 Å². The molecule has 0 spiro atoms. The highest BCUT2D eigenvalue weighted by molar-refractivity contribution is 7.88. The van der Waals surface area contributed by atoms with E-state index in [-0.39, 0.29) is 5.75 Å². The Kier molecular flexibility index (Phi) is 5.67. The van der Waals surface area contributed by atoms with Gasteiger partial charge in [-0.3, -0.25) is 4.90 Å². The molecule has 5 nitrogen and oxygen atoms in total. The van der Waals surface area contributed by atoms with Crippen LogP contribution in [0.5, 0.6) is 5.75 Å². The summed E-state index contributed by atoms with van der Waals surface area (Å²) in [6.45, 7) is 3.49. The van der Waals surface area contributed by atoms with Gasteiger partial charge in [0.2, 0.25) is 0 Å². The van der Waals surface area contributed by atoms with E-state index in [4.69, 9.17) is 0 Å². The molecule has 162 valence electrons. The molecule has 9 heteroatoms. The summed E-state index contributed by atoms with van der Waals surface area (Å²) in [5.41, 5.74) is -2.40. The fourth-order valence-electron chi connectivity index (χ4n) is 4.27. The lowest BCUT2D eigenvalue weighted by Gasteiger charge is -2.42. The molecule has 1 unspecified atom stereocenters. The van der Waals surface area contributed by atoms with Gasteiger partial charge in [0.1, 0.15) is 5.75 Å². The van der Waals surface area contributed by atoms with Crippen molar-refractivity contribution in [1.29, 1.82) is 0 Å². The minimum Gasteiger partial charge on any atom is -0.376 e. The minimum absolute atomic E-state index is 0.299. The van der Waals surface area contributed by atoms with Gasteiger partial charge in [-0.2, -0.15) is 21.6 Å². The summed E-state index contributed by atoms with van der Waals surface area (Å²) in [4.78, 5) is 4.72. The number of aryl methyl sites for hydroxylation is 1. The van der Waals surface area contributed by atoms with Crippen LogP contribution in [-0.4, -0.2) is 44.5 Å². The molecule has 30 heavy (non-hydrogen) atoms. The molecule has 1 atom stereocenters. The van der Waals surface area contributed by atoms with E-state index in [9.17, 15) is 21.6 Å². The Morgan fingerprint density at radius 1 is 1.07 bits per heavy atom. The van der Waals surface area contributed by atoms with Gasteiger partial charge < -0.3 is 9.08 Å². The van der Waals surface area contributed by atoms with Crippen LogP contribution in [0.2, 0.25) is 0 Å². The predicted octanol–water partition coefficient (Wildman–Crippen LogP) is 3.94. The van der Waals surface area contributed by atoms with E-state index in [2.05, 4.69) is 26.1 Å². The zero-order valence-corrected chi connectivity index (χ0v) is 17.1. The summed E-state index contributed by atoms with van der Waals surface area (Å²) in [6.07, 6.45) is 2.52. The van der Waals surface area contributed by atoms with E-state index in [1.807, 2.05) is 18.2 Å². The summed E-state index contributed by atoms with van der Waals surface area (Å²) in [6, 6.07) is 15.0. The van der Waals surface area contributed by atoms with Gasteiger partial charge in [0.25, 0.3) is 0 Å². The topological polar surface area (TPSA) is 49.9 Å². The molecule has 2 aromatic rings. The SMILES string of the molecule is O=S(=O)(Oc1ccc2c(c1)CCCC1CN(Cc3ccccc3)CCN21)C(F)(F)F. The molecule has 1 saturated heterocycles. The molecule has 0 amide bonds. The van der Waals surface area contributed by atoms with Gasteiger partial charge in [-0.25, -0.2) is 0 Å². The maximum atomic E-state index is 12.6. The van der Waals surface area contributed by atoms with Crippen molar-refractivity contribution >= 4 is 15.8 Å². The van der Waals surface area contributed by atoms with Gasteiger partial charge in [-0.05, 0) is 48.6 Å². The van der Waals surface area contributed by atoms with E-state index in [0.29, 0.717) is 12.5 Å². The number of nitrogens with zero attached hydrogens (tertiary/aromatic N) is 2. The highest BCUT2D eigenvalue weighted by atomic mass is 32.2. The number of benzene rings is 2. The second-order valence-electron chi connectivity index (χ2n) is 7.73. The third-order valence-corrected chi connectivity index (χ3v) is 6.63. The summed E-state index contributed by atoms with van der Waals surface area (Å²) in [5, 5.41) is 0.